The van der Waals surface area contributed by atoms with Crippen LogP contribution in [0.25, 0.3) is 11.1 Å². The van der Waals surface area contributed by atoms with Gasteiger partial charge in [-0.05, 0) is 91.1 Å². The maximum Gasteiger partial charge on any atom is 0.123 e. The molecule has 1 aliphatic rings. The van der Waals surface area contributed by atoms with Gasteiger partial charge in [-0.3, -0.25) is 0 Å². The summed E-state index contributed by atoms with van der Waals surface area (Å²) in [5, 5.41) is 0. The van der Waals surface area contributed by atoms with Crippen LogP contribution in [0, 0.1) is 12.7 Å². The summed E-state index contributed by atoms with van der Waals surface area (Å²) in [4.78, 5) is 0. The van der Waals surface area contributed by atoms with Gasteiger partial charge in [-0.25, -0.2) is 4.39 Å². The molecule has 0 aromatic heterocycles. The molecule has 2 nitrogen and oxygen atoms in total. The lowest BCUT2D eigenvalue weighted by atomic mass is 9.94. The van der Waals surface area contributed by atoms with Crippen molar-refractivity contribution in [2.75, 3.05) is 0 Å². The van der Waals surface area contributed by atoms with E-state index in [1.165, 1.54) is 22.8 Å². The summed E-state index contributed by atoms with van der Waals surface area (Å²) in [5.74, 6) is 0.661. The van der Waals surface area contributed by atoms with Crippen LogP contribution in [0.1, 0.15) is 55.7 Å². The second-order valence-corrected chi connectivity index (χ2v) is 8.83. The molecule has 0 radical (unpaired) electrons. The highest BCUT2D eigenvalue weighted by molar-refractivity contribution is 5.69. The molecule has 0 aliphatic heterocycles. The van der Waals surface area contributed by atoms with E-state index in [1.807, 2.05) is 6.07 Å². The molecule has 0 amide bonds. The third-order valence-corrected chi connectivity index (χ3v) is 6.40. The van der Waals surface area contributed by atoms with E-state index in [2.05, 4.69) is 56.3 Å². The fourth-order valence-corrected chi connectivity index (χ4v) is 4.53. The molecule has 32 heavy (non-hydrogen) atoms. The third-order valence-electron chi connectivity index (χ3n) is 6.40. The van der Waals surface area contributed by atoms with Crippen LogP contribution in [0.4, 0.5) is 4.39 Å². The Bertz CT molecular complexity index is 1020. The number of ether oxygens (including phenoxy) is 2. The van der Waals surface area contributed by atoms with Gasteiger partial charge in [0.05, 0.1) is 18.8 Å². The highest BCUT2D eigenvalue weighted by Crippen LogP contribution is 2.32. The zero-order valence-corrected chi connectivity index (χ0v) is 19.1. The molecule has 3 heteroatoms. The summed E-state index contributed by atoms with van der Waals surface area (Å²) in [5.41, 5.74) is 5.76. The van der Waals surface area contributed by atoms with Crippen molar-refractivity contribution < 1.29 is 13.9 Å². The lowest BCUT2D eigenvalue weighted by molar-refractivity contribution is -0.00678. The van der Waals surface area contributed by atoms with E-state index in [-0.39, 0.29) is 11.9 Å². The average Bonchev–Trinajstić information content (AvgIpc) is 2.81. The summed E-state index contributed by atoms with van der Waals surface area (Å²) < 4.78 is 26.4. The first kappa shape index (κ1) is 22.5. The molecular weight excluding hydrogens is 399 g/mol. The molecule has 1 aliphatic carbocycles. The largest absolute Gasteiger partial charge is 0.490 e. The summed E-state index contributed by atoms with van der Waals surface area (Å²) in [6.07, 6.45) is 6.52. The van der Waals surface area contributed by atoms with Crippen LogP contribution in [0.5, 0.6) is 5.75 Å². The Balaban J connectivity index is 1.36. The number of benzene rings is 3. The number of hydrogen-bond acceptors (Lipinski definition) is 2. The van der Waals surface area contributed by atoms with Crippen molar-refractivity contribution in [1.82, 2.24) is 0 Å². The Morgan fingerprint density at radius 3 is 2.38 bits per heavy atom. The molecule has 0 unspecified atom stereocenters. The van der Waals surface area contributed by atoms with Crippen molar-refractivity contribution in [2.45, 2.75) is 71.2 Å². The standard InChI is InChI=1S/C29H33FO2/c1-3-7-22-12-13-28(19-29(22)23-10-6-11-25(30)18-23)32-27-16-14-26(15-17-27)31-20-24-9-5-4-8-21(24)2/h4-6,8-13,18-19,26-27H,3,7,14-17,20H2,1-2H3. The lowest BCUT2D eigenvalue weighted by Crippen LogP contribution is -2.28. The van der Waals surface area contributed by atoms with Gasteiger partial charge < -0.3 is 9.47 Å². The smallest absolute Gasteiger partial charge is 0.123 e. The Morgan fingerprint density at radius 1 is 0.844 bits per heavy atom. The van der Waals surface area contributed by atoms with E-state index in [0.29, 0.717) is 12.7 Å². The molecule has 0 heterocycles. The van der Waals surface area contributed by atoms with Gasteiger partial charge in [0.25, 0.3) is 0 Å². The van der Waals surface area contributed by atoms with Crippen molar-refractivity contribution in [3.8, 4) is 16.9 Å². The van der Waals surface area contributed by atoms with E-state index in [4.69, 9.17) is 9.47 Å². The minimum atomic E-state index is -0.208. The van der Waals surface area contributed by atoms with Crippen LogP contribution in [-0.4, -0.2) is 12.2 Å². The Kier molecular flexibility index (Phi) is 7.59. The van der Waals surface area contributed by atoms with Crippen LogP contribution < -0.4 is 4.74 Å². The quantitative estimate of drug-likeness (QED) is 0.364. The topological polar surface area (TPSA) is 18.5 Å². The molecule has 1 saturated carbocycles. The predicted molar refractivity (Wildman–Crippen MR) is 128 cm³/mol. The number of hydrogen-bond donors (Lipinski definition) is 0. The fraction of sp³-hybridized carbons (Fsp3) is 0.379. The average molecular weight is 433 g/mol. The van der Waals surface area contributed by atoms with Gasteiger partial charge in [0, 0.05) is 0 Å². The Morgan fingerprint density at radius 2 is 1.62 bits per heavy atom. The summed E-state index contributed by atoms with van der Waals surface area (Å²) in [6.45, 7) is 4.98. The maximum absolute atomic E-state index is 13.8. The van der Waals surface area contributed by atoms with Crippen molar-refractivity contribution in [1.29, 1.82) is 0 Å². The molecule has 0 spiro atoms. The molecule has 3 aromatic rings. The zero-order valence-electron chi connectivity index (χ0n) is 19.1. The molecule has 0 atom stereocenters. The molecule has 0 N–H and O–H groups in total. The van der Waals surface area contributed by atoms with Crippen molar-refractivity contribution in [3.63, 3.8) is 0 Å². The zero-order chi connectivity index (χ0) is 22.3. The fourth-order valence-electron chi connectivity index (χ4n) is 4.53. The van der Waals surface area contributed by atoms with Gasteiger partial charge in [0.15, 0.2) is 0 Å². The summed E-state index contributed by atoms with van der Waals surface area (Å²) in [7, 11) is 0. The SMILES string of the molecule is CCCc1ccc(OC2CCC(OCc3ccccc3C)CC2)cc1-c1cccc(F)c1. The van der Waals surface area contributed by atoms with Gasteiger partial charge in [0.2, 0.25) is 0 Å². The van der Waals surface area contributed by atoms with Gasteiger partial charge in [-0.1, -0.05) is 55.8 Å². The number of aryl methyl sites for hydroxylation is 2. The van der Waals surface area contributed by atoms with Crippen LogP contribution in [0.3, 0.4) is 0 Å². The van der Waals surface area contributed by atoms with E-state index in [9.17, 15) is 4.39 Å². The molecule has 0 bridgehead atoms. The first-order chi connectivity index (χ1) is 15.6. The summed E-state index contributed by atoms with van der Waals surface area (Å²) in [6, 6.07) is 21.5. The van der Waals surface area contributed by atoms with Crippen molar-refractivity contribution >= 4 is 0 Å². The van der Waals surface area contributed by atoms with Crippen molar-refractivity contribution in [2.24, 2.45) is 0 Å². The first-order valence-corrected chi connectivity index (χ1v) is 11.8. The predicted octanol–water partition coefficient (Wildman–Crippen LogP) is 7.66. The van der Waals surface area contributed by atoms with Crippen LogP contribution in [0.15, 0.2) is 66.7 Å². The number of rotatable bonds is 8. The highest BCUT2D eigenvalue weighted by Gasteiger charge is 2.23. The monoisotopic (exact) mass is 432 g/mol. The molecule has 1 fully saturated rings. The maximum atomic E-state index is 13.8. The van der Waals surface area contributed by atoms with Gasteiger partial charge in [0.1, 0.15) is 11.6 Å². The van der Waals surface area contributed by atoms with E-state index in [1.54, 1.807) is 12.1 Å². The first-order valence-electron chi connectivity index (χ1n) is 11.8. The molecule has 4 rings (SSSR count). The van der Waals surface area contributed by atoms with E-state index in [0.717, 1.165) is 55.4 Å². The second-order valence-electron chi connectivity index (χ2n) is 8.83. The van der Waals surface area contributed by atoms with Crippen LogP contribution >= 0.6 is 0 Å². The summed E-state index contributed by atoms with van der Waals surface area (Å²) >= 11 is 0. The molecule has 168 valence electrons. The van der Waals surface area contributed by atoms with Crippen LogP contribution in [0.2, 0.25) is 0 Å². The van der Waals surface area contributed by atoms with Crippen molar-refractivity contribution in [3.05, 3.63) is 89.2 Å². The molecule has 0 saturated heterocycles. The van der Waals surface area contributed by atoms with Gasteiger partial charge in [-0.15, -0.1) is 0 Å². The second kappa shape index (κ2) is 10.8. The minimum absolute atomic E-state index is 0.200. The van der Waals surface area contributed by atoms with E-state index < -0.39 is 0 Å². The minimum Gasteiger partial charge on any atom is -0.490 e. The Labute approximate surface area is 191 Å². The Hall–Kier alpha value is -2.65. The third kappa shape index (κ3) is 5.77. The normalized spacial score (nSPS) is 18.5. The number of halogens is 1. The van der Waals surface area contributed by atoms with E-state index >= 15 is 0 Å². The molecular formula is C29H33FO2. The van der Waals surface area contributed by atoms with Gasteiger partial charge in [-0.2, -0.15) is 0 Å². The van der Waals surface area contributed by atoms with Crippen LogP contribution in [-0.2, 0) is 17.8 Å². The lowest BCUT2D eigenvalue weighted by Gasteiger charge is -2.29. The highest BCUT2D eigenvalue weighted by atomic mass is 19.1. The van der Waals surface area contributed by atoms with Gasteiger partial charge >= 0.3 is 0 Å². The molecule has 3 aromatic carbocycles.